The van der Waals surface area contributed by atoms with Crippen molar-refractivity contribution >= 4 is 5.69 Å². The lowest BCUT2D eigenvalue weighted by molar-refractivity contribution is -0.914. The van der Waals surface area contributed by atoms with E-state index in [2.05, 4.69) is 35.2 Å². The van der Waals surface area contributed by atoms with Crippen LogP contribution >= 0.6 is 0 Å². The van der Waals surface area contributed by atoms with Crippen molar-refractivity contribution in [3.63, 3.8) is 0 Å². The van der Waals surface area contributed by atoms with E-state index >= 15 is 0 Å². The molecule has 2 aromatic carbocycles. The number of benzene rings is 2. The molecule has 128 valence electrons. The molecule has 0 saturated carbocycles. The summed E-state index contributed by atoms with van der Waals surface area (Å²) in [6.07, 6.45) is 0. The molecule has 0 bridgehead atoms. The van der Waals surface area contributed by atoms with E-state index in [-0.39, 0.29) is 0 Å². The minimum Gasteiger partial charge on any atom is -0.496 e. The van der Waals surface area contributed by atoms with Gasteiger partial charge in [0, 0.05) is 5.56 Å². The van der Waals surface area contributed by atoms with Crippen molar-refractivity contribution in [1.82, 2.24) is 0 Å². The van der Waals surface area contributed by atoms with Gasteiger partial charge in [0.25, 0.3) is 0 Å². The summed E-state index contributed by atoms with van der Waals surface area (Å²) in [5.74, 6) is 1.99. The molecule has 1 heterocycles. The average Bonchev–Trinajstić information content (AvgIpc) is 2.64. The highest BCUT2D eigenvalue weighted by Crippen LogP contribution is 2.27. The van der Waals surface area contributed by atoms with E-state index in [0.717, 1.165) is 44.2 Å². The van der Waals surface area contributed by atoms with Crippen molar-refractivity contribution in [3.05, 3.63) is 54.1 Å². The molecule has 3 rings (SSSR count). The fraction of sp³-hybridized carbons (Fsp3) is 0.400. The monoisotopic (exact) mass is 327 g/mol. The molecule has 0 amide bonds. The summed E-state index contributed by atoms with van der Waals surface area (Å²) < 4.78 is 11.3. The largest absolute Gasteiger partial charge is 0.496 e. The zero-order valence-electron chi connectivity index (χ0n) is 14.6. The van der Waals surface area contributed by atoms with Gasteiger partial charge < -0.3 is 19.3 Å². The van der Waals surface area contributed by atoms with Crippen LogP contribution in [0.3, 0.4) is 0 Å². The first-order valence-corrected chi connectivity index (χ1v) is 8.74. The second-order valence-corrected chi connectivity index (χ2v) is 6.13. The van der Waals surface area contributed by atoms with Crippen molar-refractivity contribution in [2.45, 2.75) is 13.5 Å². The maximum Gasteiger partial charge on any atom is 0.142 e. The molecular formula is C20H27N2O2+. The molecule has 4 heteroatoms. The first kappa shape index (κ1) is 16.7. The molecule has 1 aliphatic rings. The van der Waals surface area contributed by atoms with E-state index in [1.165, 1.54) is 11.3 Å². The van der Waals surface area contributed by atoms with Gasteiger partial charge in [-0.2, -0.15) is 0 Å². The van der Waals surface area contributed by atoms with Crippen LogP contribution in [0.1, 0.15) is 12.5 Å². The summed E-state index contributed by atoms with van der Waals surface area (Å²) in [7, 11) is 1.75. The molecule has 1 aliphatic heterocycles. The van der Waals surface area contributed by atoms with Crippen LogP contribution in [0.5, 0.6) is 11.5 Å². The number of ether oxygens (including phenoxy) is 2. The Morgan fingerprint density at radius 1 is 0.958 bits per heavy atom. The van der Waals surface area contributed by atoms with Crippen molar-refractivity contribution in [2.75, 3.05) is 44.8 Å². The Kier molecular flexibility index (Phi) is 5.59. The summed E-state index contributed by atoms with van der Waals surface area (Å²) in [6.45, 7) is 8.10. The number of hydrogen-bond donors (Lipinski definition) is 1. The highest BCUT2D eigenvalue weighted by molar-refractivity contribution is 5.58. The number of nitrogens with zero attached hydrogens (tertiary/aromatic N) is 1. The summed E-state index contributed by atoms with van der Waals surface area (Å²) in [5.41, 5.74) is 2.51. The predicted octanol–water partition coefficient (Wildman–Crippen LogP) is 2.00. The zero-order chi connectivity index (χ0) is 16.8. The Labute approximate surface area is 144 Å². The van der Waals surface area contributed by atoms with E-state index in [1.807, 2.05) is 25.1 Å². The lowest BCUT2D eigenvalue weighted by Gasteiger charge is -2.34. The summed E-state index contributed by atoms with van der Waals surface area (Å²) in [4.78, 5) is 4.04. The van der Waals surface area contributed by atoms with Crippen molar-refractivity contribution in [1.29, 1.82) is 0 Å². The lowest BCUT2D eigenvalue weighted by atomic mass is 10.1. The van der Waals surface area contributed by atoms with Gasteiger partial charge in [0.15, 0.2) is 0 Å². The summed E-state index contributed by atoms with van der Waals surface area (Å²) in [5, 5.41) is 0. The van der Waals surface area contributed by atoms with Gasteiger partial charge in [-0.1, -0.05) is 24.3 Å². The van der Waals surface area contributed by atoms with E-state index in [9.17, 15) is 0 Å². The Balaban J connectivity index is 1.62. The normalized spacial score (nSPS) is 15.3. The smallest absolute Gasteiger partial charge is 0.142 e. The second kappa shape index (κ2) is 8.06. The zero-order valence-corrected chi connectivity index (χ0v) is 14.6. The minimum absolute atomic E-state index is 0.704. The molecule has 0 radical (unpaired) electrons. The fourth-order valence-electron chi connectivity index (χ4n) is 3.35. The number of hydrogen-bond acceptors (Lipinski definition) is 3. The van der Waals surface area contributed by atoms with Crippen LogP contribution in [-0.4, -0.2) is 39.9 Å². The molecule has 1 fully saturated rings. The van der Waals surface area contributed by atoms with Crippen molar-refractivity contribution in [3.8, 4) is 11.5 Å². The Bertz CT molecular complexity index is 652. The van der Waals surface area contributed by atoms with E-state index < -0.39 is 0 Å². The third kappa shape index (κ3) is 3.82. The molecule has 2 aromatic rings. The predicted molar refractivity (Wildman–Crippen MR) is 97.2 cm³/mol. The average molecular weight is 327 g/mol. The first-order chi connectivity index (χ1) is 11.8. The van der Waals surface area contributed by atoms with Crippen molar-refractivity contribution < 1.29 is 14.4 Å². The standard InChI is InChI=1S/C20H26N2O2/c1-3-24-20-11-7-5-9-18(20)22-14-12-21(13-15-22)16-17-8-4-6-10-19(17)23-2/h4-11H,3,12-16H2,1-2H3/p+1. The number of rotatable bonds is 6. The van der Waals surface area contributed by atoms with Gasteiger partial charge in [-0.15, -0.1) is 0 Å². The fourth-order valence-corrected chi connectivity index (χ4v) is 3.35. The maximum absolute atomic E-state index is 5.78. The van der Waals surface area contributed by atoms with Crippen LogP contribution in [0.2, 0.25) is 0 Å². The van der Waals surface area contributed by atoms with Gasteiger partial charge in [-0.05, 0) is 31.2 Å². The summed E-state index contributed by atoms with van der Waals surface area (Å²) in [6, 6.07) is 16.7. The quantitative estimate of drug-likeness (QED) is 0.879. The van der Waals surface area contributed by atoms with Gasteiger partial charge in [-0.25, -0.2) is 0 Å². The molecule has 24 heavy (non-hydrogen) atoms. The van der Waals surface area contributed by atoms with E-state index in [4.69, 9.17) is 9.47 Å². The molecule has 4 nitrogen and oxygen atoms in total. The lowest BCUT2D eigenvalue weighted by Crippen LogP contribution is -3.13. The number of nitrogens with one attached hydrogen (secondary N) is 1. The van der Waals surface area contributed by atoms with Gasteiger partial charge in [0.2, 0.25) is 0 Å². The van der Waals surface area contributed by atoms with Gasteiger partial charge in [0.1, 0.15) is 18.0 Å². The highest BCUT2D eigenvalue weighted by Gasteiger charge is 2.23. The molecule has 0 aromatic heterocycles. The van der Waals surface area contributed by atoms with Crippen LogP contribution in [0.4, 0.5) is 5.69 Å². The molecule has 0 atom stereocenters. The maximum atomic E-state index is 5.78. The SMILES string of the molecule is CCOc1ccccc1N1CC[NH+](Cc2ccccc2OC)CC1. The highest BCUT2D eigenvalue weighted by atomic mass is 16.5. The van der Waals surface area contributed by atoms with E-state index in [1.54, 1.807) is 12.0 Å². The molecule has 1 saturated heterocycles. The number of quaternary nitrogens is 1. The number of anilines is 1. The second-order valence-electron chi connectivity index (χ2n) is 6.13. The topological polar surface area (TPSA) is 26.1 Å². The third-order valence-electron chi connectivity index (χ3n) is 4.61. The Hall–Kier alpha value is -2.20. The molecule has 0 spiro atoms. The molecule has 0 aliphatic carbocycles. The van der Waals surface area contributed by atoms with Gasteiger partial charge in [-0.3, -0.25) is 0 Å². The Morgan fingerprint density at radius 2 is 1.62 bits per heavy atom. The van der Waals surface area contributed by atoms with E-state index in [0.29, 0.717) is 6.61 Å². The van der Waals surface area contributed by atoms with Crippen molar-refractivity contribution in [2.24, 2.45) is 0 Å². The molecule has 0 unspecified atom stereocenters. The Morgan fingerprint density at radius 3 is 2.33 bits per heavy atom. The van der Waals surface area contributed by atoms with Crippen LogP contribution < -0.4 is 19.3 Å². The van der Waals surface area contributed by atoms with Crippen LogP contribution in [-0.2, 0) is 6.54 Å². The summed E-state index contributed by atoms with van der Waals surface area (Å²) >= 11 is 0. The molecule has 1 N–H and O–H groups in total. The number of methoxy groups -OCH3 is 1. The third-order valence-corrected chi connectivity index (χ3v) is 4.61. The van der Waals surface area contributed by atoms with Crippen LogP contribution in [0, 0.1) is 0 Å². The number of para-hydroxylation sites is 3. The molecular weight excluding hydrogens is 300 g/mol. The first-order valence-electron chi connectivity index (χ1n) is 8.74. The van der Waals surface area contributed by atoms with Crippen LogP contribution in [0.25, 0.3) is 0 Å². The van der Waals surface area contributed by atoms with Crippen LogP contribution in [0.15, 0.2) is 48.5 Å². The van der Waals surface area contributed by atoms with Gasteiger partial charge in [0.05, 0.1) is 45.6 Å². The van der Waals surface area contributed by atoms with Gasteiger partial charge >= 0.3 is 0 Å². The number of piperazine rings is 1. The minimum atomic E-state index is 0.704.